The largest absolute Gasteiger partial charge is 0.491 e. The number of ether oxygens (including phenoxy) is 3. The molecule has 0 saturated carbocycles. The molecule has 1 amide bonds. The van der Waals surface area contributed by atoms with E-state index in [-0.39, 0.29) is 5.02 Å². The number of halogens is 2. The van der Waals surface area contributed by atoms with Gasteiger partial charge in [0.15, 0.2) is 5.60 Å². The fraction of sp³-hybridized carbons (Fsp3) is 0.562. The number of hydrogen-bond acceptors (Lipinski definition) is 5. The number of morpholine rings is 1. The lowest BCUT2D eigenvalue weighted by molar-refractivity contribution is -0.130. The van der Waals surface area contributed by atoms with Crippen LogP contribution in [0.15, 0.2) is 12.1 Å². The zero-order chi connectivity index (χ0) is 17.7. The Labute approximate surface area is 151 Å². The first-order valence-corrected chi connectivity index (χ1v) is 8.46. The standard InChI is InChI=1S/C16H22Cl2N2O4/c1-16(2,15(19)21)24-14-10-13(11(17)9-12(14)18)23-8-5-20-3-6-22-7-4-20/h9-10H,3-8H2,1-2H3,(H2,19,21). The quantitative estimate of drug-likeness (QED) is 0.790. The number of primary amides is 1. The molecule has 134 valence electrons. The first kappa shape index (κ1) is 19.1. The molecule has 1 aliphatic heterocycles. The van der Waals surface area contributed by atoms with Crippen molar-refractivity contribution in [3.8, 4) is 11.5 Å². The van der Waals surface area contributed by atoms with Crippen LogP contribution in [0, 0.1) is 0 Å². The molecule has 1 fully saturated rings. The van der Waals surface area contributed by atoms with E-state index in [1.807, 2.05) is 0 Å². The SMILES string of the molecule is CC(C)(Oc1cc(OCCN2CCOCC2)c(Cl)cc1Cl)C(N)=O. The van der Waals surface area contributed by atoms with Crippen molar-refractivity contribution in [3.63, 3.8) is 0 Å². The number of amides is 1. The van der Waals surface area contributed by atoms with Gasteiger partial charge in [-0.3, -0.25) is 9.69 Å². The summed E-state index contributed by atoms with van der Waals surface area (Å²) < 4.78 is 16.7. The van der Waals surface area contributed by atoms with Gasteiger partial charge < -0.3 is 19.9 Å². The second-order valence-corrected chi connectivity index (χ2v) is 6.81. The molecule has 1 aromatic rings. The average molecular weight is 377 g/mol. The van der Waals surface area contributed by atoms with Crippen LogP contribution in [0.2, 0.25) is 10.0 Å². The van der Waals surface area contributed by atoms with Crippen molar-refractivity contribution in [2.45, 2.75) is 19.4 Å². The van der Waals surface area contributed by atoms with Crippen molar-refractivity contribution >= 4 is 29.1 Å². The molecule has 0 bridgehead atoms. The molecule has 0 radical (unpaired) electrons. The van der Waals surface area contributed by atoms with Crippen molar-refractivity contribution in [1.29, 1.82) is 0 Å². The van der Waals surface area contributed by atoms with Crippen LogP contribution in [0.1, 0.15) is 13.8 Å². The molecule has 0 aromatic heterocycles. The predicted octanol–water partition coefficient (Wildman–Crippen LogP) is 2.35. The maximum absolute atomic E-state index is 11.4. The zero-order valence-electron chi connectivity index (χ0n) is 13.8. The van der Waals surface area contributed by atoms with Crippen LogP contribution in [0.4, 0.5) is 0 Å². The molecule has 6 nitrogen and oxygen atoms in total. The summed E-state index contributed by atoms with van der Waals surface area (Å²) in [5.74, 6) is 0.152. The molecule has 1 aromatic carbocycles. The van der Waals surface area contributed by atoms with E-state index in [1.54, 1.807) is 19.9 Å². The number of nitrogens with two attached hydrogens (primary N) is 1. The maximum atomic E-state index is 11.4. The third-order valence-electron chi connectivity index (χ3n) is 3.71. The minimum atomic E-state index is -1.19. The van der Waals surface area contributed by atoms with Crippen molar-refractivity contribution in [3.05, 3.63) is 22.2 Å². The Morgan fingerprint density at radius 1 is 1.25 bits per heavy atom. The van der Waals surface area contributed by atoms with Gasteiger partial charge in [-0.1, -0.05) is 23.2 Å². The molecular weight excluding hydrogens is 355 g/mol. The fourth-order valence-electron chi connectivity index (χ4n) is 2.13. The molecule has 24 heavy (non-hydrogen) atoms. The molecule has 0 aliphatic carbocycles. The van der Waals surface area contributed by atoms with Gasteiger partial charge in [0, 0.05) is 25.7 Å². The topological polar surface area (TPSA) is 74.0 Å². The third kappa shape index (κ3) is 5.14. The Morgan fingerprint density at radius 2 is 1.88 bits per heavy atom. The van der Waals surface area contributed by atoms with Gasteiger partial charge in [0.2, 0.25) is 0 Å². The highest BCUT2D eigenvalue weighted by atomic mass is 35.5. The molecule has 2 rings (SSSR count). The summed E-state index contributed by atoms with van der Waals surface area (Å²) in [5.41, 5.74) is 4.13. The van der Waals surface area contributed by atoms with E-state index in [9.17, 15) is 4.79 Å². The summed E-state index contributed by atoms with van der Waals surface area (Å²) >= 11 is 12.3. The van der Waals surface area contributed by atoms with E-state index >= 15 is 0 Å². The summed E-state index contributed by atoms with van der Waals surface area (Å²) in [4.78, 5) is 13.7. The monoisotopic (exact) mass is 376 g/mol. The van der Waals surface area contributed by atoms with E-state index < -0.39 is 11.5 Å². The molecule has 1 saturated heterocycles. The van der Waals surface area contributed by atoms with Gasteiger partial charge in [0.1, 0.15) is 18.1 Å². The van der Waals surface area contributed by atoms with Gasteiger partial charge in [0.25, 0.3) is 5.91 Å². The Hall–Kier alpha value is -1.21. The van der Waals surface area contributed by atoms with Gasteiger partial charge in [0.05, 0.1) is 23.3 Å². The Balaban J connectivity index is 2.01. The summed E-state index contributed by atoms with van der Waals surface area (Å²) in [5, 5.41) is 0.668. The highest BCUT2D eigenvalue weighted by Gasteiger charge is 2.28. The molecular formula is C16H22Cl2N2O4. The molecule has 1 heterocycles. The number of nitrogens with zero attached hydrogens (tertiary/aromatic N) is 1. The summed E-state index contributed by atoms with van der Waals surface area (Å²) in [6, 6.07) is 3.11. The minimum absolute atomic E-state index is 0.287. The number of rotatable bonds is 7. The summed E-state index contributed by atoms with van der Waals surface area (Å²) in [7, 11) is 0. The van der Waals surface area contributed by atoms with E-state index in [1.165, 1.54) is 6.07 Å². The number of benzene rings is 1. The Kier molecular flexibility index (Phi) is 6.57. The number of hydrogen-bond donors (Lipinski definition) is 1. The van der Waals surface area contributed by atoms with E-state index in [2.05, 4.69) is 4.90 Å². The molecule has 2 N–H and O–H groups in total. The van der Waals surface area contributed by atoms with Gasteiger partial charge in [-0.2, -0.15) is 0 Å². The number of carbonyl (C=O) groups is 1. The zero-order valence-corrected chi connectivity index (χ0v) is 15.3. The van der Waals surface area contributed by atoms with Crippen LogP contribution in [0.5, 0.6) is 11.5 Å². The van der Waals surface area contributed by atoms with Crippen LogP contribution < -0.4 is 15.2 Å². The van der Waals surface area contributed by atoms with Crippen molar-refractivity contribution in [2.24, 2.45) is 5.73 Å². The van der Waals surface area contributed by atoms with E-state index in [0.29, 0.717) is 23.1 Å². The van der Waals surface area contributed by atoms with Gasteiger partial charge >= 0.3 is 0 Å². The van der Waals surface area contributed by atoms with Gasteiger partial charge in [-0.25, -0.2) is 0 Å². The predicted molar refractivity (Wildman–Crippen MR) is 93.1 cm³/mol. The molecule has 1 aliphatic rings. The van der Waals surface area contributed by atoms with Crippen LogP contribution in [0.25, 0.3) is 0 Å². The average Bonchev–Trinajstić information content (AvgIpc) is 2.52. The molecule has 0 unspecified atom stereocenters. The van der Waals surface area contributed by atoms with E-state index in [4.69, 9.17) is 43.1 Å². The smallest absolute Gasteiger partial charge is 0.261 e. The van der Waals surface area contributed by atoms with Crippen LogP contribution in [0.3, 0.4) is 0 Å². The maximum Gasteiger partial charge on any atom is 0.261 e. The van der Waals surface area contributed by atoms with Crippen molar-refractivity contribution < 1.29 is 19.0 Å². The lowest BCUT2D eigenvalue weighted by atomic mass is 10.1. The molecule has 0 atom stereocenters. The second kappa shape index (κ2) is 8.25. The number of carbonyl (C=O) groups excluding carboxylic acids is 1. The second-order valence-electron chi connectivity index (χ2n) is 5.99. The Bertz CT molecular complexity index is 590. The third-order valence-corrected chi connectivity index (χ3v) is 4.30. The summed E-state index contributed by atoms with van der Waals surface area (Å²) in [6.07, 6.45) is 0. The minimum Gasteiger partial charge on any atom is -0.491 e. The van der Waals surface area contributed by atoms with Crippen molar-refractivity contribution in [1.82, 2.24) is 4.90 Å². The molecule has 8 heteroatoms. The first-order chi connectivity index (χ1) is 11.3. The molecule has 0 spiro atoms. The van der Waals surface area contributed by atoms with Crippen LogP contribution >= 0.6 is 23.2 Å². The first-order valence-electron chi connectivity index (χ1n) is 7.70. The van der Waals surface area contributed by atoms with Gasteiger partial charge in [-0.05, 0) is 19.9 Å². The fourth-order valence-corrected chi connectivity index (χ4v) is 2.61. The van der Waals surface area contributed by atoms with E-state index in [0.717, 1.165) is 32.8 Å². The van der Waals surface area contributed by atoms with Crippen LogP contribution in [-0.2, 0) is 9.53 Å². The lowest BCUT2D eigenvalue weighted by Gasteiger charge is -2.26. The normalized spacial score (nSPS) is 16.0. The van der Waals surface area contributed by atoms with Gasteiger partial charge in [-0.15, -0.1) is 0 Å². The summed E-state index contributed by atoms with van der Waals surface area (Å²) in [6.45, 7) is 7.63. The Morgan fingerprint density at radius 3 is 2.50 bits per heavy atom. The van der Waals surface area contributed by atoms with Crippen LogP contribution in [-0.4, -0.2) is 55.9 Å². The van der Waals surface area contributed by atoms with Crippen molar-refractivity contribution in [2.75, 3.05) is 39.5 Å². The highest BCUT2D eigenvalue weighted by Crippen LogP contribution is 2.37. The lowest BCUT2D eigenvalue weighted by Crippen LogP contribution is -2.43. The highest BCUT2D eigenvalue weighted by molar-refractivity contribution is 6.36.